The van der Waals surface area contributed by atoms with Crippen LogP contribution in [0.5, 0.6) is 0 Å². The molecule has 176 valence electrons. The monoisotopic (exact) mass is 480 g/mol. The SMILES string of the molecule is Cc1cc(C)c(S(=O)(=O)N2C(=O)[C@@]3(O)C=C[C@@H]2[C@@H]2C(=O)N(Cc4ccccc4)C(=O)[C@@H]23)c(C)c1. The number of hydrogen-bond donors (Lipinski definition) is 1. The largest absolute Gasteiger partial charge is 0.375 e. The van der Waals surface area contributed by atoms with E-state index in [1.165, 1.54) is 12.2 Å². The summed E-state index contributed by atoms with van der Waals surface area (Å²) in [7, 11) is -4.42. The summed E-state index contributed by atoms with van der Waals surface area (Å²) in [6.45, 7) is 5.09. The Labute approximate surface area is 197 Å². The molecule has 2 bridgehead atoms. The Hall–Kier alpha value is -3.30. The number of carbonyl (C=O) groups is 3. The summed E-state index contributed by atoms with van der Waals surface area (Å²) >= 11 is 0. The number of piperidine rings is 1. The third kappa shape index (κ3) is 2.93. The highest BCUT2D eigenvalue weighted by molar-refractivity contribution is 7.89. The normalized spacial score (nSPS) is 28.1. The van der Waals surface area contributed by atoms with Gasteiger partial charge in [-0.1, -0.05) is 54.1 Å². The molecule has 2 saturated heterocycles. The van der Waals surface area contributed by atoms with E-state index in [1.807, 2.05) is 6.92 Å². The maximum atomic E-state index is 13.8. The summed E-state index contributed by atoms with van der Waals surface area (Å²) in [5.74, 6) is -4.94. The van der Waals surface area contributed by atoms with Crippen molar-refractivity contribution < 1.29 is 27.9 Å². The van der Waals surface area contributed by atoms with Crippen molar-refractivity contribution in [3.8, 4) is 0 Å². The maximum absolute atomic E-state index is 13.8. The Balaban J connectivity index is 1.60. The van der Waals surface area contributed by atoms with Gasteiger partial charge < -0.3 is 5.11 Å². The topological polar surface area (TPSA) is 112 Å². The Kier molecular flexibility index (Phi) is 4.86. The first-order valence-corrected chi connectivity index (χ1v) is 12.4. The molecule has 4 atom stereocenters. The van der Waals surface area contributed by atoms with Crippen LogP contribution in [0.15, 0.2) is 59.5 Å². The number of aliphatic hydroxyl groups is 1. The van der Waals surface area contributed by atoms with Gasteiger partial charge in [0.2, 0.25) is 11.8 Å². The maximum Gasteiger partial charge on any atom is 0.273 e. The number of fused-ring (bicyclic) bond motifs is 1. The first-order chi connectivity index (χ1) is 16.0. The van der Waals surface area contributed by atoms with Gasteiger partial charge in [-0.3, -0.25) is 19.3 Å². The van der Waals surface area contributed by atoms with Crippen LogP contribution in [0.4, 0.5) is 0 Å². The minimum absolute atomic E-state index is 0.0224. The Morgan fingerprint density at radius 1 is 0.971 bits per heavy atom. The Bertz CT molecular complexity index is 1360. The van der Waals surface area contributed by atoms with Crippen molar-refractivity contribution in [3.05, 3.63) is 76.9 Å². The van der Waals surface area contributed by atoms with E-state index in [0.29, 0.717) is 21.0 Å². The average Bonchev–Trinajstić information content (AvgIpc) is 3.01. The molecule has 1 aliphatic carbocycles. The minimum Gasteiger partial charge on any atom is -0.375 e. The van der Waals surface area contributed by atoms with Crippen LogP contribution in [0, 0.1) is 32.6 Å². The van der Waals surface area contributed by atoms with Crippen LogP contribution >= 0.6 is 0 Å². The smallest absolute Gasteiger partial charge is 0.273 e. The zero-order valence-electron chi connectivity index (χ0n) is 18.9. The van der Waals surface area contributed by atoms with Gasteiger partial charge >= 0.3 is 0 Å². The van der Waals surface area contributed by atoms with E-state index in [-0.39, 0.29) is 11.4 Å². The fraction of sp³-hybridized carbons (Fsp3) is 0.320. The highest BCUT2D eigenvalue weighted by Gasteiger charge is 2.70. The second-order valence-corrected chi connectivity index (χ2v) is 11.0. The van der Waals surface area contributed by atoms with Gasteiger partial charge in [-0.15, -0.1) is 0 Å². The molecule has 0 spiro atoms. The van der Waals surface area contributed by atoms with Crippen molar-refractivity contribution >= 4 is 27.7 Å². The molecule has 0 saturated carbocycles. The number of sulfonamides is 1. The van der Waals surface area contributed by atoms with Crippen LogP contribution in [-0.2, 0) is 31.0 Å². The second kappa shape index (κ2) is 7.35. The van der Waals surface area contributed by atoms with Gasteiger partial charge in [0.1, 0.15) is 0 Å². The summed E-state index contributed by atoms with van der Waals surface area (Å²) in [6, 6.07) is 11.1. The minimum atomic E-state index is -4.42. The zero-order valence-corrected chi connectivity index (χ0v) is 19.7. The number of hydrogen-bond acceptors (Lipinski definition) is 6. The third-order valence-corrected chi connectivity index (χ3v) is 9.04. The predicted octanol–water partition coefficient (Wildman–Crippen LogP) is 1.61. The molecule has 34 heavy (non-hydrogen) atoms. The molecule has 6 rings (SSSR count). The molecular weight excluding hydrogens is 456 g/mol. The highest BCUT2D eigenvalue weighted by atomic mass is 32.2. The quantitative estimate of drug-likeness (QED) is 0.526. The zero-order chi connectivity index (χ0) is 24.6. The number of benzene rings is 2. The van der Waals surface area contributed by atoms with Crippen LogP contribution in [0.25, 0.3) is 0 Å². The van der Waals surface area contributed by atoms with Crippen molar-refractivity contribution in [2.75, 3.05) is 0 Å². The standard InChI is InChI=1S/C25H24N2O6S/c1-14-11-15(2)21(16(3)12-14)34(32,33)27-18-9-10-25(31,24(27)30)20-19(18)22(28)26(23(20)29)13-17-7-5-4-6-8-17/h4-12,18-20,31H,13H2,1-3H3/t18-,19+,20-,25-/m1/s1. The van der Waals surface area contributed by atoms with E-state index in [0.717, 1.165) is 10.5 Å². The second-order valence-electron chi connectivity index (χ2n) is 9.26. The summed E-state index contributed by atoms with van der Waals surface area (Å²) in [4.78, 5) is 41.1. The number of rotatable bonds is 4. The molecule has 0 unspecified atom stereocenters. The fourth-order valence-corrected chi connectivity index (χ4v) is 7.64. The van der Waals surface area contributed by atoms with Crippen LogP contribution in [0.3, 0.4) is 0 Å². The van der Waals surface area contributed by atoms with Gasteiger partial charge in [0.25, 0.3) is 15.9 Å². The highest BCUT2D eigenvalue weighted by Crippen LogP contribution is 2.50. The molecule has 2 aromatic rings. The number of likely N-dealkylation sites (tertiary alicyclic amines) is 1. The van der Waals surface area contributed by atoms with Gasteiger partial charge in [0.05, 0.1) is 29.3 Å². The number of nitrogens with zero attached hydrogens (tertiary/aromatic N) is 2. The van der Waals surface area contributed by atoms with Gasteiger partial charge in [-0.25, -0.2) is 12.7 Å². The third-order valence-electron chi connectivity index (χ3n) is 6.95. The lowest BCUT2D eigenvalue weighted by Gasteiger charge is -2.49. The number of aryl methyl sites for hydroxylation is 3. The molecule has 4 aliphatic rings. The van der Waals surface area contributed by atoms with Gasteiger partial charge in [-0.05, 0) is 43.5 Å². The van der Waals surface area contributed by atoms with Crippen LogP contribution < -0.4 is 0 Å². The van der Waals surface area contributed by atoms with Crippen molar-refractivity contribution in [1.29, 1.82) is 0 Å². The number of carbonyl (C=O) groups excluding carboxylic acids is 3. The summed E-state index contributed by atoms with van der Waals surface area (Å²) < 4.78 is 28.2. The van der Waals surface area contributed by atoms with E-state index < -0.39 is 51.2 Å². The average molecular weight is 481 g/mol. The van der Waals surface area contributed by atoms with Crippen molar-refractivity contribution in [1.82, 2.24) is 9.21 Å². The molecule has 9 heteroatoms. The lowest BCUT2D eigenvalue weighted by atomic mass is 9.68. The van der Waals surface area contributed by atoms with E-state index in [9.17, 15) is 27.9 Å². The van der Waals surface area contributed by atoms with E-state index in [1.54, 1.807) is 56.3 Å². The Morgan fingerprint density at radius 2 is 1.59 bits per heavy atom. The molecule has 1 N–H and O–H groups in total. The molecule has 0 radical (unpaired) electrons. The predicted molar refractivity (Wildman–Crippen MR) is 122 cm³/mol. The lowest BCUT2D eigenvalue weighted by molar-refractivity contribution is -0.165. The summed E-state index contributed by atoms with van der Waals surface area (Å²) in [6.07, 6.45) is 2.52. The molecule has 8 nitrogen and oxygen atoms in total. The van der Waals surface area contributed by atoms with Crippen LogP contribution in [-0.4, -0.2) is 52.1 Å². The number of imide groups is 1. The fourth-order valence-electron chi connectivity index (χ4n) is 5.63. The number of amides is 3. The molecule has 3 amide bonds. The summed E-state index contributed by atoms with van der Waals surface area (Å²) in [5, 5.41) is 11.3. The first-order valence-electron chi connectivity index (χ1n) is 11.0. The van der Waals surface area contributed by atoms with E-state index in [4.69, 9.17) is 0 Å². The molecule has 2 aromatic carbocycles. The van der Waals surface area contributed by atoms with Gasteiger partial charge in [-0.2, -0.15) is 0 Å². The van der Waals surface area contributed by atoms with Crippen molar-refractivity contribution in [2.24, 2.45) is 11.8 Å². The molecule has 3 heterocycles. The van der Waals surface area contributed by atoms with E-state index in [2.05, 4.69) is 0 Å². The Morgan fingerprint density at radius 3 is 2.21 bits per heavy atom. The van der Waals surface area contributed by atoms with Gasteiger partial charge in [0.15, 0.2) is 5.60 Å². The molecule has 3 aliphatic heterocycles. The van der Waals surface area contributed by atoms with Crippen LogP contribution in [0.1, 0.15) is 22.3 Å². The molecule has 2 fully saturated rings. The molecule has 0 aromatic heterocycles. The van der Waals surface area contributed by atoms with Crippen LogP contribution in [0.2, 0.25) is 0 Å². The summed E-state index contributed by atoms with van der Waals surface area (Å²) in [5.41, 5.74) is 0.0681. The lowest BCUT2D eigenvalue weighted by Crippen LogP contribution is -2.69. The van der Waals surface area contributed by atoms with Crippen molar-refractivity contribution in [3.63, 3.8) is 0 Å². The first kappa shape index (κ1) is 22.5. The van der Waals surface area contributed by atoms with Crippen molar-refractivity contribution in [2.45, 2.75) is 43.9 Å². The molecular formula is C25H24N2O6S. The van der Waals surface area contributed by atoms with Gasteiger partial charge in [0, 0.05) is 0 Å². The van der Waals surface area contributed by atoms with E-state index >= 15 is 0 Å².